The van der Waals surface area contributed by atoms with E-state index in [1.807, 2.05) is 48.2 Å². The number of carbonyl (C=O) groups is 2. The SMILES string of the molecule is Cc1cccc2c1CCC(C(=O)N1CCC(c3ccccc3CO)CC1)CC2=O. The van der Waals surface area contributed by atoms with Crippen LogP contribution in [0.1, 0.15) is 64.2 Å². The summed E-state index contributed by atoms with van der Waals surface area (Å²) >= 11 is 0. The summed E-state index contributed by atoms with van der Waals surface area (Å²) in [6, 6.07) is 13.9. The van der Waals surface area contributed by atoms with Gasteiger partial charge in [-0.2, -0.15) is 0 Å². The molecule has 0 spiro atoms. The van der Waals surface area contributed by atoms with E-state index in [9.17, 15) is 14.7 Å². The van der Waals surface area contributed by atoms with Crippen LogP contribution in [0.5, 0.6) is 0 Å². The van der Waals surface area contributed by atoms with Crippen molar-refractivity contribution in [1.29, 1.82) is 0 Å². The lowest BCUT2D eigenvalue weighted by Crippen LogP contribution is -2.42. The number of aryl methyl sites for hydroxylation is 1. The fraction of sp³-hybridized carbons (Fsp3) is 0.440. The van der Waals surface area contributed by atoms with Crippen LogP contribution in [-0.2, 0) is 17.8 Å². The number of nitrogens with zero attached hydrogens (tertiary/aromatic N) is 1. The molecule has 1 aliphatic carbocycles. The molecule has 0 bridgehead atoms. The summed E-state index contributed by atoms with van der Waals surface area (Å²) in [4.78, 5) is 27.9. The smallest absolute Gasteiger partial charge is 0.226 e. The summed E-state index contributed by atoms with van der Waals surface area (Å²) in [5, 5.41) is 9.61. The summed E-state index contributed by atoms with van der Waals surface area (Å²) in [5.74, 6) is 0.407. The van der Waals surface area contributed by atoms with Crippen molar-refractivity contribution in [3.63, 3.8) is 0 Å². The van der Waals surface area contributed by atoms with Crippen molar-refractivity contribution < 1.29 is 14.7 Å². The Morgan fingerprint density at radius 1 is 1.07 bits per heavy atom. The Morgan fingerprint density at radius 3 is 2.59 bits per heavy atom. The van der Waals surface area contributed by atoms with E-state index in [4.69, 9.17) is 0 Å². The predicted molar refractivity (Wildman–Crippen MR) is 113 cm³/mol. The number of Topliss-reactive ketones (excluding diaryl/α,β-unsaturated/α-hetero) is 1. The van der Waals surface area contributed by atoms with Gasteiger partial charge in [0, 0.05) is 31.0 Å². The topological polar surface area (TPSA) is 57.6 Å². The number of hydrogen-bond acceptors (Lipinski definition) is 3. The molecule has 2 aromatic carbocycles. The van der Waals surface area contributed by atoms with Gasteiger partial charge in [-0.05, 0) is 60.8 Å². The zero-order chi connectivity index (χ0) is 20.4. The first kappa shape index (κ1) is 19.8. The lowest BCUT2D eigenvalue weighted by molar-refractivity contribution is -0.136. The van der Waals surface area contributed by atoms with E-state index >= 15 is 0 Å². The van der Waals surface area contributed by atoms with Gasteiger partial charge in [0.2, 0.25) is 5.91 Å². The summed E-state index contributed by atoms with van der Waals surface area (Å²) in [7, 11) is 0. The van der Waals surface area contributed by atoms with E-state index in [0.717, 1.165) is 61.0 Å². The Morgan fingerprint density at radius 2 is 1.83 bits per heavy atom. The number of aliphatic hydroxyl groups is 1. The zero-order valence-corrected chi connectivity index (χ0v) is 17.1. The van der Waals surface area contributed by atoms with E-state index in [-0.39, 0.29) is 24.2 Å². The van der Waals surface area contributed by atoms with Gasteiger partial charge in [0.25, 0.3) is 0 Å². The molecular formula is C25H29NO3. The second-order valence-corrected chi connectivity index (χ2v) is 8.42. The number of hydrogen-bond donors (Lipinski definition) is 1. The minimum atomic E-state index is -0.212. The fourth-order valence-electron chi connectivity index (χ4n) is 5.01. The van der Waals surface area contributed by atoms with Crippen LogP contribution in [0.15, 0.2) is 42.5 Å². The molecule has 1 N–H and O–H groups in total. The number of amides is 1. The van der Waals surface area contributed by atoms with Crippen molar-refractivity contribution >= 4 is 11.7 Å². The molecule has 1 amide bonds. The Labute approximate surface area is 172 Å². The van der Waals surface area contributed by atoms with Gasteiger partial charge in [-0.15, -0.1) is 0 Å². The third kappa shape index (κ3) is 3.99. The van der Waals surface area contributed by atoms with Gasteiger partial charge in [0.05, 0.1) is 6.61 Å². The van der Waals surface area contributed by atoms with Gasteiger partial charge in [0.15, 0.2) is 5.78 Å². The number of ketones is 1. The van der Waals surface area contributed by atoms with Crippen molar-refractivity contribution in [1.82, 2.24) is 4.90 Å². The number of aliphatic hydroxyl groups excluding tert-OH is 1. The molecule has 4 rings (SSSR count). The maximum absolute atomic E-state index is 13.2. The molecule has 152 valence electrons. The van der Waals surface area contributed by atoms with Crippen molar-refractivity contribution in [2.45, 2.75) is 51.6 Å². The molecule has 0 aromatic heterocycles. The highest BCUT2D eigenvalue weighted by atomic mass is 16.3. The molecule has 29 heavy (non-hydrogen) atoms. The van der Waals surface area contributed by atoms with Gasteiger partial charge >= 0.3 is 0 Å². The van der Waals surface area contributed by atoms with Crippen LogP contribution >= 0.6 is 0 Å². The maximum Gasteiger partial charge on any atom is 0.226 e. The first-order chi connectivity index (χ1) is 14.1. The molecule has 1 heterocycles. The van der Waals surface area contributed by atoms with Gasteiger partial charge < -0.3 is 10.0 Å². The van der Waals surface area contributed by atoms with E-state index in [1.54, 1.807) is 0 Å². The monoisotopic (exact) mass is 391 g/mol. The van der Waals surface area contributed by atoms with Crippen LogP contribution in [0, 0.1) is 12.8 Å². The highest BCUT2D eigenvalue weighted by Crippen LogP contribution is 2.33. The molecule has 4 heteroatoms. The van der Waals surface area contributed by atoms with Crippen molar-refractivity contribution in [2.24, 2.45) is 5.92 Å². The highest BCUT2D eigenvalue weighted by molar-refractivity contribution is 6.00. The highest BCUT2D eigenvalue weighted by Gasteiger charge is 2.33. The lowest BCUT2D eigenvalue weighted by atomic mass is 9.86. The third-order valence-corrected chi connectivity index (χ3v) is 6.71. The average molecular weight is 392 g/mol. The van der Waals surface area contributed by atoms with Gasteiger partial charge in [-0.1, -0.05) is 42.5 Å². The summed E-state index contributed by atoms with van der Waals surface area (Å²) in [6.07, 6.45) is 3.67. The molecule has 0 radical (unpaired) electrons. The summed E-state index contributed by atoms with van der Waals surface area (Å²) in [6.45, 7) is 3.54. The third-order valence-electron chi connectivity index (χ3n) is 6.71. The van der Waals surface area contributed by atoms with Crippen LogP contribution in [0.2, 0.25) is 0 Å². The second-order valence-electron chi connectivity index (χ2n) is 8.42. The number of fused-ring (bicyclic) bond motifs is 1. The Kier molecular flexibility index (Phi) is 5.81. The number of rotatable bonds is 3. The van der Waals surface area contributed by atoms with Crippen molar-refractivity contribution in [2.75, 3.05) is 13.1 Å². The number of carbonyl (C=O) groups excluding carboxylic acids is 2. The minimum absolute atomic E-state index is 0.0550. The first-order valence-corrected chi connectivity index (χ1v) is 10.7. The lowest BCUT2D eigenvalue weighted by Gasteiger charge is -2.34. The van der Waals surface area contributed by atoms with Crippen LogP contribution in [0.3, 0.4) is 0 Å². The average Bonchev–Trinajstić information content (AvgIpc) is 2.93. The molecule has 4 nitrogen and oxygen atoms in total. The molecule has 1 aliphatic heterocycles. The summed E-state index contributed by atoms with van der Waals surface area (Å²) in [5.41, 5.74) is 5.26. The van der Waals surface area contributed by atoms with Crippen LogP contribution in [0.25, 0.3) is 0 Å². The molecule has 2 aliphatic rings. The molecular weight excluding hydrogens is 362 g/mol. The molecule has 1 atom stereocenters. The van der Waals surface area contributed by atoms with Crippen molar-refractivity contribution in [3.05, 3.63) is 70.3 Å². The van der Waals surface area contributed by atoms with Gasteiger partial charge in [0.1, 0.15) is 0 Å². The second kappa shape index (κ2) is 8.50. The van der Waals surface area contributed by atoms with E-state index in [0.29, 0.717) is 12.3 Å². The van der Waals surface area contributed by atoms with Crippen LogP contribution < -0.4 is 0 Å². The minimum Gasteiger partial charge on any atom is -0.392 e. The largest absolute Gasteiger partial charge is 0.392 e. The van der Waals surface area contributed by atoms with E-state index in [2.05, 4.69) is 6.07 Å². The predicted octanol–water partition coefficient (Wildman–Crippen LogP) is 4.03. The van der Waals surface area contributed by atoms with Crippen LogP contribution in [-0.4, -0.2) is 34.8 Å². The number of likely N-dealkylation sites (tertiary alicyclic amines) is 1. The number of benzene rings is 2. The van der Waals surface area contributed by atoms with Crippen molar-refractivity contribution in [3.8, 4) is 0 Å². The van der Waals surface area contributed by atoms with E-state index < -0.39 is 0 Å². The molecule has 1 fully saturated rings. The summed E-state index contributed by atoms with van der Waals surface area (Å²) < 4.78 is 0. The standard InChI is InChI=1S/C25H29NO3/c1-17-5-4-8-23-21(17)10-9-19(15-24(23)28)25(29)26-13-11-18(12-14-26)22-7-3-2-6-20(22)16-27/h2-8,18-19,27H,9-16H2,1H3. The Hall–Kier alpha value is -2.46. The quantitative estimate of drug-likeness (QED) is 0.804. The molecule has 2 aromatic rings. The zero-order valence-electron chi connectivity index (χ0n) is 17.1. The van der Waals surface area contributed by atoms with Gasteiger partial charge in [-0.25, -0.2) is 0 Å². The number of piperidine rings is 1. The Bertz CT molecular complexity index is 912. The van der Waals surface area contributed by atoms with Crippen LogP contribution in [0.4, 0.5) is 0 Å². The van der Waals surface area contributed by atoms with Gasteiger partial charge in [-0.3, -0.25) is 9.59 Å². The molecule has 1 unspecified atom stereocenters. The molecule has 0 saturated carbocycles. The fourth-order valence-corrected chi connectivity index (χ4v) is 5.01. The Balaban J connectivity index is 1.41. The maximum atomic E-state index is 13.2. The normalized spacial score (nSPS) is 20.3. The molecule has 1 saturated heterocycles. The first-order valence-electron chi connectivity index (χ1n) is 10.7. The van der Waals surface area contributed by atoms with E-state index in [1.165, 1.54) is 5.56 Å².